The number of aryl methyl sites for hydroxylation is 1. The molecule has 0 aliphatic carbocycles. The average molecular weight is 546 g/mol. The van der Waals surface area contributed by atoms with Gasteiger partial charge in [0.05, 0.1) is 11.6 Å². The Balaban J connectivity index is 1.39. The van der Waals surface area contributed by atoms with Crippen LogP contribution in [0.15, 0.2) is 24.3 Å². The molecule has 0 radical (unpaired) electrons. The number of ether oxygens (including phenoxy) is 1. The Morgan fingerprint density at radius 1 is 1.10 bits per heavy atom. The van der Waals surface area contributed by atoms with E-state index in [0.29, 0.717) is 30.4 Å². The molecule has 0 bridgehead atoms. The van der Waals surface area contributed by atoms with Crippen LogP contribution in [0.25, 0.3) is 10.9 Å². The van der Waals surface area contributed by atoms with Crippen LogP contribution in [-0.4, -0.2) is 69.5 Å². The van der Waals surface area contributed by atoms with Crippen molar-refractivity contribution in [3.63, 3.8) is 0 Å². The van der Waals surface area contributed by atoms with Gasteiger partial charge in [0.2, 0.25) is 5.95 Å². The van der Waals surface area contributed by atoms with Gasteiger partial charge in [0.15, 0.2) is 5.82 Å². The van der Waals surface area contributed by atoms with Crippen molar-refractivity contribution in [2.75, 3.05) is 42.3 Å². The zero-order valence-corrected chi connectivity index (χ0v) is 24.0. The number of aromatic amines is 1. The number of fused-ring (bicyclic) bond motifs is 1. The third-order valence-corrected chi connectivity index (χ3v) is 8.39. The third kappa shape index (κ3) is 6.83. The van der Waals surface area contributed by atoms with E-state index in [0.717, 1.165) is 98.7 Å². The van der Waals surface area contributed by atoms with Crippen molar-refractivity contribution >= 4 is 34.2 Å². The molecule has 2 aromatic heterocycles. The molecule has 2 aliphatic rings. The Labute approximate surface area is 237 Å². The van der Waals surface area contributed by atoms with E-state index in [2.05, 4.69) is 69.2 Å². The Bertz CT molecular complexity index is 1280. The zero-order chi connectivity index (χ0) is 27.9. The van der Waals surface area contributed by atoms with Crippen LogP contribution in [-0.2, 0) is 4.74 Å². The molecule has 4 N–H and O–H groups in total. The number of nitriles is 1. The van der Waals surface area contributed by atoms with Crippen molar-refractivity contribution in [3.05, 3.63) is 30.0 Å². The molecule has 0 spiro atoms. The monoisotopic (exact) mass is 545 g/mol. The number of piperidine rings is 1. The first-order chi connectivity index (χ1) is 19.6. The van der Waals surface area contributed by atoms with E-state index in [1.54, 1.807) is 0 Å². The van der Waals surface area contributed by atoms with Crippen molar-refractivity contribution in [2.45, 2.75) is 83.8 Å². The molecule has 0 saturated carbocycles. The molecule has 4 heterocycles. The first kappa shape index (κ1) is 28.1. The third-order valence-electron chi connectivity index (χ3n) is 8.39. The summed E-state index contributed by atoms with van der Waals surface area (Å²) in [7, 11) is 0. The molecule has 40 heavy (non-hydrogen) atoms. The van der Waals surface area contributed by atoms with E-state index >= 15 is 0 Å². The highest BCUT2D eigenvalue weighted by Crippen LogP contribution is 2.31. The minimum absolute atomic E-state index is 0.265. The predicted octanol–water partition coefficient (Wildman–Crippen LogP) is 5.59. The number of anilines is 4. The predicted molar refractivity (Wildman–Crippen MR) is 160 cm³/mol. The largest absolute Gasteiger partial charge is 0.385 e. The molecule has 10 nitrogen and oxygen atoms in total. The first-order valence-corrected chi connectivity index (χ1v) is 14.9. The number of aromatic nitrogens is 4. The fraction of sp³-hybridized carbons (Fsp3) is 0.600. The fourth-order valence-electron chi connectivity index (χ4n) is 6.18. The van der Waals surface area contributed by atoms with Crippen LogP contribution in [0.1, 0.15) is 64.5 Å². The molecule has 2 saturated heterocycles. The molecule has 0 amide bonds. The summed E-state index contributed by atoms with van der Waals surface area (Å²) in [6, 6.07) is 11.8. The lowest BCUT2D eigenvalue weighted by molar-refractivity contribution is 0.0699. The highest BCUT2D eigenvalue weighted by Gasteiger charge is 2.34. The molecule has 214 valence electrons. The number of hydrogen-bond acceptors (Lipinski definition) is 9. The van der Waals surface area contributed by atoms with Gasteiger partial charge >= 0.3 is 0 Å². The molecule has 10 heteroatoms. The van der Waals surface area contributed by atoms with Gasteiger partial charge in [-0.25, -0.2) is 4.98 Å². The summed E-state index contributed by atoms with van der Waals surface area (Å²) in [6.45, 7) is 9.95. The maximum absolute atomic E-state index is 9.17. The number of H-pyrrole nitrogens is 1. The van der Waals surface area contributed by atoms with Gasteiger partial charge in [0.1, 0.15) is 5.82 Å². The Hall–Kier alpha value is -3.42. The van der Waals surface area contributed by atoms with Gasteiger partial charge in [0.25, 0.3) is 0 Å². The molecule has 2 fully saturated rings. The molecule has 2 aliphatic heterocycles. The average Bonchev–Trinajstić information content (AvgIpc) is 3.39. The Morgan fingerprint density at radius 2 is 1.88 bits per heavy atom. The number of rotatable bonds is 11. The summed E-state index contributed by atoms with van der Waals surface area (Å²) >= 11 is 0. The minimum atomic E-state index is 0.265. The van der Waals surface area contributed by atoms with E-state index in [1.807, 2.05) is 13.0 Å². The lowest BCUT2D eigenvalue weighted by Crippen LogP contribution is -2.52. The van der Waals surface area contributed by atoms with E-state index in [4.69, 9.17) is 14.7 Å². The second kappa shape index (κ2) is 13.3. The van der Waals surface area contributed by atoms with Crippen LogP contribution in [0.4, 0.5) is 23.3 Å². The topological polar surface area (TPSA) is 127 Å². The van der Waals surface area contributed by atoms with Crippen molar-refractivity contribution in [1.82, 2.24) is 25.1 Å². The van der Waals surface area contributed by atoms with Crippen LogP contribution < -0.4 is 16.0 Å². The van der Waals surface area contributed by atoms with Gasteiger partial charge in [0, 0.05) is 73.7 Å². The van der Waals surface area contributed by atoms with Crippen molar-refractivity contribution < 1.29 is 4.74 Å². The zero-order valence-electron chi connectivity index (χ0n) is 24.0. The maximum atomic E-state index is 9.17. The summed E-state index contributed by atoms with van der Waals surface area (Å²) in [4.78, 5) is 12.5. The van der Waals surface area contributed by atoms with E-state index in [1.165, 1.54) is 0 Å². The smallest absolute Gasteiger partial charge is 0.225 e. The molecule has 1 aromatic carbocycles. The fourth-order valence-corrected chi connectivity index (χ4v) is 6.18. The highest BCUT2D eigenvalue weighted by molar-refractivity contribution is 5.93. The summed E-state index contributed by atoms with van der Waals surface area (Å²) in [5.74, 6) is 2.72. The molecular formula is C30H43N9O. The maximum Gasteiger partial charge on any atom is 0.225 e. The number of hydrogen-bond donors (Lipinski definition) is 4. The highest BCUT2D eigenvalue weighted by atomic mass is 16.5. The minimum Gasteiger partial charge on any atom is -0.385 e. The lowest BCUT2D eigenvalue weighted by atomic mass is 9.88. The molecular weight excluding hydrogens is 502 g/mol. The lowest BCUT2D eigenvalue weighted by Gasteiger charge is -2.45. The van der Waals surface area contributed by atoms with E-state index in [-0.39, 0.29) is 6.04 Å². The Kier molecular flexibility index (Phi) is 9.34. The van der Waals surface area contributed by atoms with Crippen molar-refractivity contribution in [1.29, 1.82) is 5.26 Å². The summed E-state index contributed by atoms with van der Waals surface area (Å²) in [5, 5.41) is 28.2. The van der Waals surface area contributed by atoms with Gasteiger partial charge in [-0.1, -0.05) is 13.8 Å². The van der Waals surface area contributed by atoms with E-state index in [9.17, 15) is 5.26 Å². The number of likely N-dealkylation sites (tertiary alicyclic amines) is 1. The summed E-state index contributed by atoms with van der Waals surface area (Å²) < 4.78 is 5.52. The number of benzene rings is 1. The molecule has 3 aromatic rings. The molecule has 2 unspecified atom stereocenters. The SMILES string of the molecule is CCC1CC(Nc2nc(Nc3cc(C)[nH]n3)c3ccc(NCC4CCOCC4)cc3n2)CC(CC)N1CCC#N. The van der Waals surface area contributed by atoms with Gasteiger partial charge in [-0.15, -0.1) is 0 Å². The number of nitrogens with zero attached hydrogens (tertiary/aromatic N) is 5. The molecule has 2 atom stereocenters. The van der Waals surface area contributed by atoms with Crippen molar-refractivity contribution in [3.8, 4) is 6.07 Å². The normalized spacial score (nSPS) is 22.2. The van der Waals surface area contributed by atoms with Gasteiger partial charge in [-0.2, -0.15) is 15.3 Å². The summed E-state index contributed by atoms with van der Waals surface area (Å²) in [5.41, 5.74) is 2.93. The second-order valence-electron chi connectivity index (χ2n) is 11.2. The van der Waals surface area contributed by atoms with Gasteiger partial charge in [-0.3, -0.25) is 10.00 Å². The van der Waals surface area contributed by atoms with Gasteiger partial charge < -0.3 is 20.7 Å². The van der Waals surface area contributed by atoms with Crippen molar-refractivity contribution in [2.24, 2.45) is 5.92 Å². The van der Waals surface area contributed by atoms with Crippen LogP contribution in [0, 0.1) is 24.2 Å². The van der Waals surface area contributed by atoms with Crippen LogP contribution in [0.2, 0.25) is 0 Å². The summed E-state index contributed by atoms with van der Waals surface area (Å²) in [6.07, 6.45) is 6.91. The van der Waals surface area contributed by atoms with Crippen LogP contribution in [0.3, 0.4) is 0 Å². The number of nitrogens with one attached hydrogen (secondary N) is 4. The van der Waals surface area contributed by atoms with Crippen LogP contribution >= 0.6 is 0 Å². The first-order valence-electron chi connectivity index (χ1n) is 14.9. The quantitative estimate of drug-likeness (QED) is 0.244. The molecule has 5 rings (SSSR count). The standard InChI is InChI=1S/C30H43N9O/c1-4-24-16-23(17-25(5-2)39(24)12-6-11-31)33-30-34-27-18-22(32-19-21-9-13-40-14-10-21)7-8-26(27)29(36-30)35-28-15-20(3)37-38-28/h7-8,15,18,21,23-25,32H,4-6,9-10,12-14,16-17,19H2,1-3H3,(H3,33,34,35,36,37,38). The Morgan fingerprint density at radius 3 is 2.55 bits per heavy atom. The van der Waals surface area contributed by atoms with Crippen LogP contribution in [0.5, 0.6) is 0 Å². The van der Waals surface area contributed by atoms with E-state index < -0.39 is 0 Å². The second-order valence-corrected chi connectivity index (χ2v) is 11.2. The van der Waals surface area contributed by atoms with Gasteiger partial charge in [-0.05, 0) is 69.6 Å².